The standard InChI is InChI=1S/C21H23N3O3S/c1-4-26-17-10-8-16(9-11-17)21-23-19(27-24-21)13-28-12-18(25)22-20-14(2)6-5-7-15(20)3/h5-11H,4,12-13H2,1-3H3,(H,22,25). The van der Waals surface area contributed by atoms with Crippen LogP contribution in [0.4, 0.5) is 5.69 Å². The van der Waals surface area contributed by atoms with Crippen LogP contribution in [0.1, 0.15) is 23.9 Å². The molecule has 1 heterocycles. The predicted octanol–water partition coefficient (Wildman–Crippen LogP) is 4.62. The van der Waals surface area contributed by atoms with Crippen molar-refractivity contribution in [2.75, 3.05) is 17.7 Å². The quantitative estimate of drug-likeness (QED) is 0.597. The number of benzene rings is 2. The minimum absolute atomic E-state index is 0.0475. The Morgan fingerprint density at radius 1 is 1.14 bits per heavy atom. The average Bonchev–Trinajstić information content (AvgIpc) is 3.15. The van der Waals surface area contributed by atoms with Gasteiger partial charge in [-0.1, -0.05) is 23.4 Å². The lowest BCUT2D eigenvalue weighted by atomic mass is 10.1. The van der Waals surface area contributed by atoms with Gasteiger partial charge in [-0.2, -0.15) is 4.98 Å². The summed E-state index contributed by atoms with van der Waals surface area (Å²) < 4.78 is 10.7. The van der Waals surface area contributed by atoms with Crippen molar-refractivity contribution in [3.8, 4) is 17.1 Å². The number of ether oxygens (including phenoxy) is 1. The fourth-order valence-electron chi connectivity index (χ4n) is 2.72. The van der Waals surface area contributed by atoms with Crippen LogP contribution in [0.2, 0.25) is 0 Å². The molecule has 1 aromatic heterocycles. The largest absolute Gasteiger partial charge is 0.494 e. The predicted molar refractivity (Wildman–Crippen MR) is 112 cm³/mol. The molecule has 0 radical (unpaired) electrons. The number of rotatable bonds is 8. The van der Waals surface area contributed by atoms with E-state index in [1.807, 2.05) is 63.2 Å². The summed E-state index contributed by atoms with van der Waals surface area (Å²) in [5.74, 6) is 2.57. The van der Waals surface area contributed by atoms with E-state index in [2.05, 4.69) is 15.5 Å². The number of nitrogens with zero attached hydrogens (tertiary/aromatic N) is 2. The van der Waals surface area contributed by atoms with Crippen LogP contribution in [0.3, 0.4) is 0 Å². The molecule has 3 aromatic rings. The van der Waals surface area contributed by atoms with E-state index in [1.54, 1.807) is 0 Å². The zero-order valence-electron chi connectivity index (χ0n) is 16.2. The van der Waals surface area contributed by atoms with E-state index in [0.717, 1.165) is 28.1 Å². The number of aromatic nitrogens is 2. The Bertz CT molecular complexity index is 918. The Balaban J connectivity index is 1.51. The number of nitrogens with one attached hydrogen (secondary N) is 1. The SMILES string of the molecule is CCOc1ccc(-c2noc(CSCC(=O)Nc3c(C)cccc3C)n2)cc1. The van der Waals surface area contributed by atoms with Crippen LogP contribution in [0, 0.1) is 13.8 Å². The molecule has 7 heteroatoms. The van der Waals surface area contributed by atoms with Gasteiger partial charge in [-0.25, -0.2) is 0 Å². The number of carbonyl (C=O) groups is 1. The molecule has 0 unspecified atom stereocenters. The molecule has 6 nitrogen and oxygen atoms in total. The van der Waals surface area contributed by atoms with Crippen molar-refractivity contribution in [3.05, 3.63) is 59.5 Å². The molecule has 1 N–H and O–H groups in total. The van der Waals surface area contributed by atoms with Crippen molar-refractivity contribution in [1.29, 1.82) is 0 Å². The molecule has 3 rings (SSSR count). The number of hydrogen-bond donors (Lipinski definition) is 1. The Kier molecular flexibility index (Phi) is 6.71. The maximum absolute atomic E-state index is 12.2. The third-order valence-electron chi connectivity index (χ3n) is 4.10. The van der Waals surface area contributed by atoms with Gasteiger partial charge >= 0.3 is 0 Å². The van der Waals surface area contributed by atoms with Crippen molar-refractivity contribution < 1.29 is 14.1 Å². The monoisotopic (exact) mass is 397 g/mol. The highest BCUT2D eigenvalue weighted by atomic mass is 32.2. The Morgan fingerprint density at radius 2 is 1.86 bits per heavy atom. The molecule has 0 aliphatic rings. The molecule has 0 spiro atoms. The summed E-state index contributed by atoms with van der Waals surface area (Å²) in [6.45, 7) is 6.53. The Morgan fingerprint density at radius 3 is 2.54 bits per heavy atom. The minimum Gasteiger partial charge on any atom is -0.494 e. The molecule has 146 valence electrons. The molecule has 0 saturated heterocycles. The molecule has 0 atom stereocenters. The van der Waals surface area contributed by atoms with Gasteiger partial charge in [0.05, 0.1) is 18.1 Å². The lowest BCUT2D eigenvalue weighted by Crippen LogP contribution is -2.15. The van der Waals surface area contributed by atoms with E-state index < -0.39 is 0 Å². The lowest BCUT2D eigenvalue weighted by Gasteiger charge is -2.10. The van der Waals surface area contributed by atoms with Crippen LogP contribution in [0.25, 0.3) is 11.4 Å². The number of carbonyl (C=O) groups excluding carboxylic acids is 1. The smallest absolute Gasteiger partial charge is 0.236 e. The average molecular weight is 398 g/mol. The maximum Gasteiger partial charge on any atom is 0.236 e. The molecule has 1 amide bonds. The van der Waals surface area contributed by atoms with Crippen molar-refractivity contribution in [3.63, 3.8) is 0 Å². The van der Waals surface area contributed by atoms with Gasteiger partial charge in [-0.15, -0.1) is 11.8 Å². The molecule has 28 heavy (non-hydrogen) atoms. The van der Waals surface area contributed by atoms with Gasteiger partial charge in [0, 0.05) is 11.3 Å². The van der Waals surface area contributed by atoms with Gasteiger partial charge in [-0.3, -0.25) is 4.79 Å². The number of hydrogen-bond acceptors (Lipinski definition) is 6. The normalized spacial score (nSPS) is 10.7. The third-order valence-corrected chi connectivity index (χ3v) is 5.01. The fourth-order valence-corrected chi connectivity index (χ4v) is 3.37. The van der Waals surface area contributed by atoms with Crippen molar-refractivity contribution in [2.24, 2.45) is 0 Å². The number of thioether (sulfide) groups is 1. The number of anilines is 1. The molecular formula is C21H23N3O3S. The Hall–Kier alpha value is -2.80. The van der Waals surface area contributed by atoms with E-state index in [9.17, 15) is 4.79 Å². The minimum atomic E-state index is -0.0475. The second-order valence-corrected chi connectivity index (χ2v) is 7.26. The highest BCUT2D eigenvalue weighted by Crippen LogP contribution is 2.22. The summed E-state index contributed by atoms with van der Waals surface area (Å²) in [4.78, 5) is 16.6. The summed E-state index contributed by atoms with van der Waals surface area (Å²) in [5, 5.41) is 6.98. The molecule has 0 saturated carbocycles. The van der Waals surface area contributed by atoms with E-state index in [-0.39, 0.29) is 5.91 Å². The van der Waals surface area contributed by atoms with Crippen molar-refractivity contribution >= 4 is 23.4 Å². The van der Waals surface area contributed by atoms with Crippen molar-refractivity contribution in [2.45, 2.75) is 26.5 Å². The molecule has 0 fully saturated rings. The number of amides is 1. The number of para-hydroxylation sites is 1. The summed E-state index contributed by atoms with van der Waals surface area (Å²) in [7, 11) is 0. The highest BCUT2D eigenvalue weighted by Gasteiger charge is 2.11. The van der Waals surface area contributed by atoms with Crippen LogP contribution in [-0.4, -0.2) is 28.4 Å². The van der Waals surface area contributed by atoms with Crippen LogP contribution in [-0.2, 0) is 10.5 Å². The summed E-state index contributed by atoms with van der Waals surface area (Å²) in [5.41, 5.74) is 3.84. The summed E-state index contributed by atoms with van der Waals surface area (Å²) in [6.07, 6.45) is 0. The van der Waals surface area contributed by atoms with Crippen molar-refractivity contribution in [1.82, 2.24) is 10.1 Å². The molecule has 2 aromatic carbocycles. The Labute approximate surface area is 168 Å². The lowest BCUT2D eigenvalue weighted by molar-refractivity contribution is -0.113. The van der Waals surface area contributed by atoms with Crippen LogP contribution in [0.5, 0.6) is 5.75 Å². The zero-order chi connectivity index (χ0) is 19.9. The topological polar surface area (TPSA) is 77.2 Å². The zero-order valence-corrected chi connectivity index (χ0v) is 17.0. The molecule has 0 bridgehead atoms. The van der Waals surface area contributed by atoms with Gasteiger partial charge in [-0.05, 0) is 56.2 Å². The van der Waals surface area contributed by atoms with Gasteiger partial charge in [0.1, 0.15) is 5.75 Å². The first-order chi connectivity index (χ1) is 13.6. The third kappa shape index (κ3) is 5.13. The van der Waals surface area contributed by atoms with Gasteiger partial charge in [0.15, 0.2) is 0 Å². The highest BCUT2D eigenvalue weighted by molar-refractivity contribution is 7.99. The maximum atomic E-state index is 12.2. The first-order valence-electron chi connectivity index (χ1n) is 9.06. The van der Waals surface area contributed by atoms with E-state index >= 15 is 0 Å². The van der Waals surface area contributed by atoms with Gasteiger partial charge in [0.2, 0.25) is 17.6 Å². The first kappa shape index (κ1) is 19.9. The van der Waals surface area contributed by atoms with Crippen LogP contribution < -0.4 is 10.1 Å². The fraction of sp³-hybridized carbons (Fsp3) is 0.286. The molecule has 0 aliphatic carbocycles. The van der Waals surface area contributed by atoms with Crippen LogP contribution in [0.15, 0.2) is 47.0 Å². The van der Waals surface area contributed by atoms with Gasteiger partial charge < -0.3 is 14.6 Å². The van der Waals surface area contributed by atoms with E-state index in [0.29, 0.717) is 29.8 Å². The summed E-state index contributed by atoms with van der Waals surface area (Å²) >= 11 is 1.43. The first-order valence-corrected chi connectivity index (χ1v) is 10.2. The van der Waals surface area contributed by atoms with E-state index in [1.165, 1.54) is 11.8 Å². The van der Waals surface area contributed by atoms with E-state index in [4.69, 9.17) is 9.26 Å². The second-order valence-electron chi connectivity index (χ2n) is 6.28. The van der Waals surface area contributed by atoms with Gasteiger partial charge in [0.25, 0.3) is 0 Å². The number of aryl methyl sites for hydroxylation is 2. The molecular weight excluding hydrogens is 374 g/mol. The second kappa shape index (κ2) is 9.41. The summed E-state index contributed by atoms with van der Waals surface area (Å²) in [6, 6.07) is 13.5. The van der Waals surface area contributed by atoms with Crippen LogP contribution >= 0.6 is 11.8 Å². The molecule has 0 aliphatic heterocycles.